The van der Waals surface area contributed by atoms with E-state index >= 15 is 0 Å². The molecule has 0 aliphatic carbocycles. The lowest BCUT2D eigenvalue weighted by Gasteiger charge is -2.17. The highest BCUT2D eigenvalue weighted by Crippen LogP contribution is 2.41. The van der Waals surface area contributed by atoms with Gasteiger partial charge < -0.3 is 20.1 Å². The summed E-state index contributed by atoms with van der Waals surface area (Å²) in [5.74, 6) is 0.704. The number of carbonyl (C=O) groups is 1. The molecule has 0 fully saturated rings. The number of rotatable bonds is 7. The largest absolute Gasteiger partial charge is 0.420 e. The first-order chi connectivity index (χ1) is 16.9. The Kier molecular flexibility index (Phi) is 6.70. The Hall–Kier alpha value is -3.05. The molecule has 2 N–H and O–H groups in total. The van der Waals surface area contributed by atoms with Crippen LogP contribution in [0.3, 0.4) is 0 Å². The van der Waals surface area contributed by atoms with Crippen LogP contribution in [-0.4, -0.2) is 65.7 Å². The molecule has 4 aromatic rings. The van der Waals surface area contributed by atoms with Crippen molar-refractivity contribution in [2.24, 2.45) is 0 Å². The summed E-state index contributed by atoms with van der Waals surface area (Å²) >= 11 is 7.54. The number of halogens is 1. The first kappa shape index (κ1) is 23.7. The summed E-state index contributed by atoms with van der Waals surface area (Å²) in [5, 5.41) is 8.51. The van der Waals surface area contributed by atoms with Crippen LogP contribution in [0.4, 0.5) is 5.69 Å². The van der Waals surface area contributed by atoms with Crippen LogP contribution in [0, 0.1) is 0 Å². The predicted molar refractivity (Wildman–Crippen MR) is 138 cm³/mol. The molecule has 182 valence electrons. The van der Waals surface area contributed by atoms with E-state index in [1.807, 2.05) is 32.2 Å². The Balaban J connectivity index is 1.49. The third-order valence-electron chi connectivity index (χ3n) is 5.78. The Bertz CT molecular complexity index is 1410. The second-order valence-electron chi connectivity index (χ2n) is 8.52. The first-order valence-electron chi connectivity index (χ1n) is 11.2. The number of aromatic nitrogens is 3. The fraction of sp³-hybridized carbons (Fsp3) is 0.333. The van der Waals surface area contributed by atoms with E-state index in [2.05, 4.69) is 25.5 Å². The van der Waals surface area contributed by atoms with Crippen LogP contribution in [-0.2, 0) is 11.3 Å². The highest BCUT2D eigenvalue weighted by molar-refractivity contribution is 7.21. The molecule has 1 aromatic carbocycles. The van der Waals surface area contributed by atoms with Crippen LogP contribution in [0.25, 0.3) is 21.0 Å². The van der Waals surface area contributed by atoms with Crippen molar-refractivity contribution in [1.29, 1.82) is 0 Å². The Labute approximate surface area is 211 Å². The lowest BCUT2D eigenvalue weighted by Crippen LogP contribution is -2.34. The van der Waals surface area contributed by atoms with Crippen LogP contribution in [0.15, 0.2) is 30.5 Å². The average molecular weight is 513 g/mol. The van der Waals surface area contributed by atoms with Gasteiger partial charge in [-0.05, 0) is 43.8 Å². The van der Waals surface area contributed by atoms with Crippen molar-refractivity contribution >= 4 is 55.5 Å². The highest BCUT2D eigenvalue weighted by Gasteiger charge is 2.25. The van der Waals surface area contributed by atoms with Crippen LogP contribution < -0.4 is 15.4 Å². The summed E-state index contributed by atoms with van der Waals surface area (Å²) in [6, 6.07) is 7.75. The van der Waals surface area contributed by atoms with E-state index in [4.69, 9.17) is 26.1 Å². The van der Waals surface area contributed by atoms with Crippen molar-refractivity contribution in [3.63, 3.8) is 0 Å². The average Bonchev–Trinajstić information content (AvgIpc) is 3.15. The summed E-state index contributed by atoms with van der Waals surface area (Å²) in [6.07, 6.45) is 1.66. The molecule has 0 radical (unpaired) electrons. The monoisotopic (exact) mass is 512 g/mol. The zero-order valence-electron chi connectivity index (χ0n) is 19.6. The number of pyridine rings is 1. The van der Waals surface area contributed by atoms with E-state index < -0.39 is 0 Å². The summed E-state index contributed by atoms with van der Waals surface area (Å²) < 4.78 is 12.3. The molecular weight excluding hydrogens is 488 g/mol. The van der Waals surface area contributed by atoms with Gasteiger partial charge in [0.1, 0.15) is 4.88 Å². The molecule has 5 rings (SSSR count). The molecule has 1 amide bonds. The molecule has 0 bridgehead atoms. The molecule has 3 aromatic heterocycles. The smallest absolute Gasteiger partial charge is 0.263 e. The number of fused-ring (bicyclic) bond motifs is 5. The Morgan fingerprint density at radius 3 is 2.94 bits per heavy atom. The molecule has 9 nitrogen and oxygen atoms in total. The highest BCUT2D eigenvalue weighted by atomic mass is 35.5. The summed E-state index contributed by atoms with van der Waals surface area (Å²) in [5.41, 5.74) is 2.41. The van der Waals surface area contributed by atoms with Crippen molar-refractivity contribution in [1.82, 2.24) is 25.2 Å². The summed E-state index contributed by atoms with van der Waals surface area (Å²) in [6.45, 7) is 4.57. The van der Waals surface area contributed by atoms with E-state index in [0.717, 1.165) is 38.8 Å². The van der Waals surface area contributed by atoms with Crippen LogP contribution in [0.5, 0.6) is 11.8 Å². The second-order valence-corrected chi connectivity index (χ2v) is 9.91. The molecule has 35 heavy (non-hydrogen) atoms. The topological polar surface area (TPSA) is 102 Å². The van der Waals surface area contributed by atoms with Crippen LogP contribution in [0.1, 0.15) is 22.2 Å². The number of methoxy groups -OCH3 is 1. The van der Waals surface area contributed by atoms with Crippen molar-refractivity contribution in [3.05, 3.63) is 46.2 Å². The minimum Gasteiger partial charge on any atom is -0.420 e. The number of thiophene rings is 1. The Morgan fingerprint density at radius 2 is 2.11 bits per heavy atom. The predicted octanol–water partition coefficient (Wildman–Crippen LogP) is 4.31. The molecule has 1 aliphatic heterocycles. The molecule has 1 atom stereocenters. The van der Waals surface area contributed by atoms with Crippen molar-refractivity contribution in [2.75, 3.05) is 39.2 Å². The van der Waals surface area contributed by atoms with Gasteiger partial charge in [-0.2, -0.15) is 4.98 Å². The van der Waals surface area contributed by atoms with Gasteiger partial charge in [0.2, 0.25) is 17.0 Å². The van der Waals surface area contributed by atoms with Crippen LogP contribution >= 0.6 is 22.9 Å². The third kappa shape index (κ3) is 4.87. The zero-order valence-corrected chi connectivity index (χ0v) is 21.2. The first-order valence-corrected chi connectivity index (χ1v) is 12.4. The SMILES string of the molecule is COCCN(C)Cc1cnc(Cl)nc1Oc1ccc2c(ccc3sc4c(c32)NC[C@@H](C)NC4=O)n1. The van der Waals surface area contributed by atoms with E-state index in [0.29, 0.717) is 36.3 Å². The van der Waals surface area contributed by atoms with Gasteiger partial charge in [0.25, 0.3) is 5.91 Å². The number of amides is 1. The van der Waals surface area contributed by atoms with Crippen molar-refractivity contribution in [2.45, 2.75) is 19.5 Å². The number of nitrogens with one attached hydrogen (secondary N) is 2. The molecule has 0 saturated heterocycles. The van der Waals surface area contributed by atoms with E-state index in [1.165, 1.54) is 11.3 Å². The van der Waals surface area contributed by atoms with Gasteiger partial charge in [0.15, 0.2) is 0 Å². The summed E-state index contributed by atoms with van der Waals surface area (Å²) in [4.78, 5) is 28.6. The molecular formula is C24H25ClN6O3S. The van der Waals surface area contributed by atoms with Gasteiger partial charge >= 0.3 is 0 Å². The maximum Gasteiger partial charge on any atom is 0.263 e. The number of nitrogens with zero attached hydrogens (tertiary/aromatic N) is 4. The molecule has 0 spiro atoms. The van der Waals surface area contributed by atoms with E-state index in [9.17, 15) is 4.79 Å². The van der Waals surface area contributed by atoms with E-state index in [1.54, 1.807) is 19.4 Å². The maximum atomic E-state index is 12.7. The molecule has 4 heterocycles. The van der Waals surface area contributed by atoms with E-state index in [-0.39, 0.29) is 17.2 Å². The quantitative estimate of drug-likeness (QED) is 0.353. The minimum atomic E-state index is -0.0524. The lowest BCUT2D eigenvalue weighted by molar-refractivity contribution is 0.0949. The van der Waals surface area contributed by atoms with Gasteiger partial charge in [-0.25, -0.2) is 9.97 Å². The van der Waals surface area contributed by atoms with Gasteiger partial charge in [0, 0.05) is 66.1 Å². The molecule has 1 aliphatic rings. The van der Waals surface area contributed by atoms with Gasteiger partial charge in [0.05, 0.1) is 17.8 Å². The number of ether oxygens (including phenoxy) is 2. The lowest BCUT2D eigenvalue weighted by atomic mass is 10.1. The molecule has 11 heteroatoms. The second kappa shape index (κ2) is 9.90. The Morgan fingerprint density at radius 1 is 1.26 bits per heavy atom. The van der Waals surface area contributed by atoms with Crippen molar-refractivity contribution in [3.8, 4) is 11.8 Å². The number of likely N-dealkylation sites (N-methyl/N-ethyl adjacent to an activating group) is 1. The molecule has 0 unspecified atom stereocenters. The van der Waals surface area contributed by atoms with Gasteiger partial charge in [-0.15, -0.1) is 11.3 Å². The summed E-state index contributed by atoms with van der Waals surface area (Å²) in [7, 11) is 3.65. The van der Waals surface area contributed by atoms with Crippen LogP contribution in [0.2, 0.25) is 5.28 Å². The van der Waals surface area contributed by atoms with Gasteiger partial charge in [-0.1, -0.05) is 0 Å². The molecule has 0 saturated carbocycles. The fourth-order valence-electron chi connectivity index (χ4n) is 4.05. The minimum absolute atomic E-state index is 0.0488. The normalized spacial score (nSPS) is 15.7. The third-order valence-corrected chi connectivity index (χ3v) is 7.12. The number of hydrogen-bond acceptors (Lipinski definition) is 9. The number of hydrogen-bond donors (Lipinski definition) is 2. The maximum absolute atomic E-state index is 12.7. The standard InChI is InChI=1S/C24H25ClN6O3S/c1-13-10-26-20-19-15-4-7-18(29-16(15)5-6-17(19)35-21(20)22(32)28-13)34-23-14(11-27-24(25)30-23)12-31(2)8-9-33-3/h4-7,11,13,26H,8-10,12H2,1-3H3,(H,28,32)/t13-/m1/s1. The number of anilines is 1. The fourth-order valence-corrected chi connectivity index (χ4v) is 5.27. The van der Waals surface area contributed by atoms with Crippen molar-refractivity contribution < 1.29 is 14.3 Å². The zero-order chi connectivity index (χ0) is 24.5. The number of benzene rings is 1. The number of carbonyl (C=O) groups excluding carboxylic acids is 1. The van der Waals surface area contributed by atoms with Gasteiger partial charge in [-0.3, -0.25) is 9.69 Å².